The van der Waals surface area contributed by atoms with Crippen LogP contribution in [0.1, 0.15) is 34.1 Å². The van der Waals surface area contributed by atoms with Gasteiger partial charge in [-0.3, -0.25) is 14.5 Å². The second-order valence-corrected chi connectivity index (χ2v) is 8.43. The number of hydrogen-bond acceptors (Lipinski definition) is 7. The van der Waals surface area contributed by atoms with Gasteiger partial charge in [-0.25, -0.2) is 4.98 Å². The van der Waals surface area contributed by atoms with Crippen molar-refractivity contribution in [3.8, 4) is 11.5 Å². The van der Waals surface area contributed by atoms with E-state index in [-0.39, 0.29) is 30.9 Å². The highest BCUT2D eigenvalue weighted by atomic mass is 35.5. The number of carbonyl (C=O) groups is 2. The van der Waals surface area contributed by atoms with Crippen LogP contribution < -0.4 is 14.4 Å². The summed E-state index contributed by atoms with van der Waals surface area (Å²) in [5.41, 5.74) is 1.88. The molecule has 0 saturated heterocycles. The number of thiazole rings is 1. The van der Waals surface area contributed by atoms with E-state index in [1.165, 1.54) is 18.3 Å². The van der Waals surface area contributed by atoms with Crippen LogP contribution in [0.15, 0.2) is 36.4 Å². The smallest absolute Gasteiger partial charge is 0.260 e. The second-order valence-electron chi connectivity index (χ2n) is 7.42. The minimum absolute atomic E-state index is 0. The van der Waals surface area contributed by atoms with Gasteiger partial charge in [-0.05, 0) is 46.1 Å². The van der Waals surface area contributed by atoms with Crippen molar-refractivity contribution in [1.29, 1.82) is 0 Å². The maximum atomic E-state index is 13.3. The normalized spacial score (nSPS) is 12.1. The van der Waals surface area contributed by atoms with E-state index in [4.69, 9.17) is 14.5 Å². The Balaban J connectivity index is 0.00000272. The van der Waals surface area contributed by atoms with Gasteiger partial charge in [-0.1, -0.05) is 23.5 Å². The molecule has 0 bridgehead atoms. The molecule has 0 unspecified atom stereocenters. The number of aromatic nitrogens is 1. The van der Waals surface area contributed by atoms with Gasteiger partial charge in [0.1, 0.15) is 0 Å². The fourth-order valence-corrected chi connectivity index (χ4v) is 4.25. The summed E-state index contributed by atoms with van der Waals surface area (Å²) in [6, 6.07) is 10.5. The number of benzene rings is 2. The molecule has 1 amide bonds. The molecule has 2 aromatic carbocycles. The number of amides is 1. The van der Waals surface area contributed by atoms with Gasteiger partial charge in [-0.2, -0.15) is 0 Å². The first-order chi connectivity index (χ1) is 14.4. The number of fused-ring (bicyclic) bond motifs is 2. The summed E-state index contributed by atoms with van der Waals surface area (Å²) in [6.07, 6.45) is 0.808. The van der Waals surface area contributed by atoms with E-state index in [2.05, 4.69) is 4.90 Å². The molecule has 9 heteroatoms. The summed E-state index contributed by atoms with van der Waals surface area (Å²) in [5, 5.41) is 0.632. The maximum Gasteiger partial charge on any atom is 0.260 e. The zero-order valence-corrected chi connectivity index (χ0v) is 19.2. The van der Waals surface area contributed by atoms with Gasteiger partial charge >= 0.3 is 0 Å². The van der Waals surface area contributed by atoms with Crippen molar-refractivity contribution in [1.82, 2.24) is 9.88 Å². The number of anilines is 1. The van der Waals surface area contributed by atoms with Crippen molar-refractivity contribution in [2.75, 3.05) is 38.9 Å². The van der Waals surface area contributed by atoms with E-state index in [0.29, 0.717) is 34.3 Å². The number of Topliss-reactive ketones (excluding diaryl/α,β-unsaturated/α-hetero) is 1. The van der Waals surface area contributed by atoms with E-state index in [9.17, 15) is 9.59 Å². The number of halogens is 1. The second kappa shape index (κ2) is 9.64. The average Bonchev–Trinajstić information content (AvgIpc) is 3.34. The Bertz CT molecular complexity index is 1060. The molecular formula is C22H24ClN3O4S. The predicted octanol–water partition coefficient (Wildman–Crippen LogP) is 4.25. The molecule has 0 aliphatic carbocycles. The van der Waals surface area contributed by atoms with E-state index in [0.717, 1.165) is 23.2 Å². The van der Waals surface area contributed by atoms with Crippen molar-refractivity contribution in [3.05, 3.63) is 47.5 Å². The summed E-state index contributed by atoms with van der Waals surface area (Å²) in [5.74, 6) is 1.20. The summed E-state index contributed by atoms with van der Waals surface area (Å²) >= 11 is 1.45. The molecule has 0 N–H and O–H groups in total. The largest absolute Gasteiger partial charge is 0.454 e. The first kappa shape index (κ1) is 23.0. The third kappa shape index (κ3) is 4.98. The fourth-order valence-electron chi connectivity index (χ4n) is 3.25. The summed E-state index contributed by atoms with van der Waals surface area (Å²) < 4.78 is 11.8. The van der Waals surface area contributed by atoms with Crippen molar-refractivity contribution < 1.29 is 19.1 Å². The average molecular weight is 462 g/mol. The minimum atomic E-state index is -0.136. The van der Waals surface area contributed by atoms with Crippen LogP contribution in [-0.4, -0.2) is 55.6 Å². The molecule has 2 heterocycles. The van der Waals surface area contributed by atoms with Crippen LogP contribution in [0.25, 0.3) is 10.2 Å². The highest BCUT2D eigenvalue weighted by Gasteiger charge is 2.23. The molecule has 0 fully saturated rings. The molecule has 0 spiro atoms. The van der Waals surface area contributed by atoms with Crippen LogP contribution >= 0.6 is 23.7 Å². The van der Waals surface area contributed by atoms with Gasteiger partial charge < -0.3 is 14.4 Å². The number of nitrogens with zero attached hydrogens (tertiary/aromatic N) is 3. The van der Waals surface area contributed by atoms with E-state index in [1.807, 2.05) is 26.2 Å². The Labute approximate surface area is 191 Å². The molecule has 0 saturated carbocycles. The fraction of sp³-hybridized carbons (Fsp3) is 0.318. The zero-order valence-electron chi connectivity index (χ0n) is 17.6. The van der Waals surface area contributed by atoms with Gasteiger partial charge in [0.25, 0.3) is 5.91 Å². The summed E-state index contributed by atoms with van der Waals surface area (Å²) in [4.78, 5) is 33.4. The van der Waals surface area contributed by atoms with Crippen molar-refractivity contribution in [3.63, 3.8) is 0 Å². The van der Waals surface area contributed by atoms with Crippen molar-refractivity contribution in [2.45, 2.75) is 13.3 Å². The molecule has 1 aliphatic rings. The van der Waals surface area contributed by atoms with Gasteiger partial charge in [0.05, 0.1) is 10.2 Å². The SMILES string of the molecule is CC(=O)c1ccc(C(=O)N(CCCN(C)C)c2nc3cc4c(cc3s2)OCO4)cc1.Cl. The molecule has 31 heavy (non-hydrogen) atoms. The minimum Gasteiger partial charge on any atom is -0.454 e. The summed E-state index contributed by atoms with van der Waals surface area (Å²) in [6.45, 7) is 3.12. The number of ether oxygens (including phenoxy) is 2. The topological polar surface area (TPSA) is 72.0 Å². The quantitative estimate of drug-likeness (QED) is 0.490. The first-order valence-electron chi connectivity index (χ1n) is 9.70. The molecule has 0 radical (unpaired) electrons. The van der Waals surface area contributed by atoms with Gasteiger partial charge in [-0.15, -0.1) is 12.4 Å². The lowest BCUT2D eigenvalue weighted by Crippen LogP contribution is -2.33. The number of rotatable bonds is 7. The van der Waals surface area contributed by atoms with Gasteiger partial charge in [0.15, 0.2) is 22.4 Å². The standard InChI is InChI=1S/C22H23N3O4S.ClH/c1-14(26)15-5-7-16(8-6-15)21(27)25(10-4-9-24(2)3)22-23-17-11-18-19(29-13-28-18)12-20(17)30-22;/h5-8,11-12H,4,9-10,13H2,1-3H3;1H. The monoisotopic (exact) mass is 461 g/mol. The van der Waals surface area contributed by atoms with Gasteiger partial charge in [0, 0.05) is 29.8 Å². The Morgan fingerprint density at radius 2 is 1.68 bits per heavy atom. The molecule has 4 rings (SSSR count). The summed E-state index contributed by atoms with van der Waals surface area (Å²) in [7, 11) is 4.01. The molecule has 3 aromatic rings. The molecule has 1 aliphatic heterocycles. The predicted molar refractivity (Wildman–Crippen MR) is 124 cm³/mol. The lowest BCUT2D eigenvalue weighted by molar-refractivity contribution is 0.0981. The van der Waals surface area contributed by atoms with E-state index in [1.54, 1.807) is 29.2 Å². The van der Waals surface area contributed by atoms with Crippen molar-refractivity contribution >= 4 is 50.8 Å². The molecule has 7 nitrogen and oxygen atoms in total. The molecular weight excluding hydrogens is 438 g/mol. The first-order valence-corrected chi connectivity index (χ1v) is 10.5. The van der Waals surface area contributed by atoms with Crippen LogP contribution in [-0.2, 0) is 0 Å². The van der Waals surface area contributed by atoms with Gasteiger partial charge in [0.2, 0.25) is 6.79 Å². The molecule has 0 atom stereocenters. The van der Waals surface area contributed by atoms with E-state index < -0.39 is 0 Å². The third-order valence-electron chi connectivity index (χ3n) is 4.87. The third-order valence-corrected chi connectivity index (χ3v) is 5.91. The molecule has 1 aromatic heterocycles. The zero-order chi connectivity index (χ0) is 21.3. The maximum absolute atomic E-state index is 13.3. The highest BCUT2D eigenvalue weighted by molar-refractivity contribution is 7.22. The lowest BCUT2D eigenvalue weighted by Gasteiger charge is -2.21. The Kier molecular flexibility index (Phi) is 7.15. The van der Waals surface area contributed by atoms with Crippen LogP contribution in [0.5, 0.6) is 11.5 Å². The lowest BCUT2D eigenvalue weighted by atomic mass is 10.1. The Morgan fingerprint density at radius 3 is 2.32 bits per heavy atom. The van der Waals surface area contributed by atoms with Crippen LogP contribution in [0.4, 0.5) is 5.13 Å². The van der Waals surface area contributed by atoms with E-state index >= 15 is 0 Å². The Morgan fingerprint density at radius 1 is 1.03 bits per heavy atom. The number of ketones is 1. The Hall–Kier alpha value is -2.68. The van der Waals surface area contributed by atoms with Crippen LogP contribution in [0.2, 0.25) is 0 Å². The highest BCUT2D eigenvalue weighted by Crippen LogP contribution is 2.40. The van der Waals surface area contributed by atoms with Crippen molar-refractivity contribution in [2.24, 2.45) is 0 Å². The van der Waals surface area contributed by atoms with Crippen LogP contribution in [0.3, 0.4) is 0 Å². The number of hydrogen-bond donors (Lipinski definition) is 0. The number of carbonyl (C=O) groups excluding carboxylic acids is 2. The van der Waals surface area contributed by atoms with Crippen LogP contribution in [0, 0.1) is 0 Å². The molecule has 164 valence electrons.